The number of benzene rings is 2. The maximum Gasteiger partial charge on any atom is 0.416 e. The van der Waals surface area contributed by atoms with Crippen molar-refractivity contribution in [3.63, 3.8) is 0 Å². The van der Waals surface area contributed by atoms with Crippen molar-refractivity contribution >= 4 is 29.0 Å². The van der Waals surface area contributed by atoms with E-state index in [-0.39, 0.29) is 37.5 Å². The molecule has 1 N–H and O–H groups in total. The number of hydrogen-bond acceptors (Lipinski definition) is 5. The highest BCUT2D eigenvalue weighted by molar-refractivity contribution is 7.09. The Hall–Kier alpha value is -3.73. The third-order valence-electron chi connectivity index (χ3n) is 5.72. The van der Waals surface area contributed by atoms with Crippen LogP contribution in [0.15, 0.2) is 60.0 Å². The highest BCUT2D eigenvalue weighted by Crippen LogP contribution is 2.33. The molecular formula is C26H26F3N3O4S. The molecule has 37 heavy (non-hydrogen) atoms. The first-order valence-electron chi connectivity index (χ1n) is 11.5. The highest BCUT2D eigenvalue weighted by Gasteiger charge is 2.31. The Morgan fingerprint density at radius 2 is 1.81 bits per heavy atom. The van der Waals surface area contributed by atoms with Gasteiger partial charge >= 0.3 is 12.2 Å². The van der Waals surface area contributed by atoms with Gasteiger partial charge in [-0.25, -0.2) is 4.79 Å². The van der Waals surface area contributed by atoms with Crippen LogP contribution in [0.3, 0.4) is 0 Å². The van der Waals surface area contributed by atoms with Gasteiger partial charge in [0.15, 0.2) is 11.5 Å². The number of ether oxygens (including phenoxy) is 2. The zero-order valence-electron chi connectivity index (χ0n) is 20.2. The molecule has 0 bridgehead atoms. The molecule has 0 aliphatic carbocycles. The maximum absolute atomic E-state index is 13.5. The molecule has 0 atom stereocenters. The fourth-order valence-electron chi connectivity index (χ4n) is 3.79. The van der Waals surface area contributed by atoms with Crippen LogP contribution >= 0.6 is 11.3 Å². The van der Waals surface area contributed by atoms with E-state index in [4.69, 9.17) is 9.47 Å². The van der Waals surface area contributed by atoms with E-state index in [1.807, 2.05) is 29.6 Å². The molecular weight excluding hydrogens is 507 g/mol. The number of urea groups is 1. The Morgan fingerprint density at radius 1 is 1.03 bits per heavy atom. The molecule has 0 saturated heterocycles. The van der Waals surface area contributed by atoms with E-state index in [0.717, 1.165) is 22.6 Å². The molecule has 11 heteroatoms. The fourth-order valence-corrected chi connectivity index (χ4v) is 4.51. The minimum Gasteiger partial charge on any atom is -0.454 e. The number of amides is 3. The first-order valence-corrected chi connectivity index (χ1v) is 12.4. The van der Waals surface area contributed by atoms with Crippen LogP contribution < -0.4 is 14.8 Å². The van der Waals surface area contributed by atoms with Crippen molar-refractivity contribution in [2.45, 2.75) is 39.2 Å². The van der Waals surface area contributed by atoms with Crippen LogP contribution in [0.1, 0.15) is 29.9 Å². The molecule has 3 aromatic rings. The average molecular weight is 534 g/mol. The van der Waals surface area contributed by atoms with Crippen LogP contribution in [-0.2, 0) is 24.1 Å². The topological polar surface area (TPSA) is 71.1 Å². The SMILES string of the molecule is CC(C)N(CC(=O)N(Cc1ccc2c(c1)OCO2)Cc1cccs1)C(=O)Nc1cccc(C(F)(F)F)c1. The van der Waals surface area contributed by atoms with Gasteiger partial charge < -0.3 is 24.6 Å². The van der Waals surface area contributed by atoms with Crippen molar-refractivity contribution in [1.29, 1.82) is 0 Å². The van der Waals surface area contributed by atoms with Crippen LogP contribution in [0, 0.1) is 0 Å². The predicted molar refractivity (Wildman–Crippen MR) is 133 cm³/mol. The molecule has 3 amide bonds. The lowest BCUT2D eigenvalue weighted by molar-refractivity contribution is -0.137. The molecule has 2 aromatic carbocycles. The van der Waals surface area contributed by atoms with E-state index >= 15 is 0 Å². The van der Waals surface area contributed by atoms with Crippen LogP contribution in [0.2, 0.25) is 0 Å². The van der Waals surface area contributed by atoms with Crippen molar-refractivity contribution in [3.8, 4) is 11.5 Å². The summed E-state index contributed by atoms with van der Waals surface area (Å²) in [4.78, 5) is 30.4. The molecule has 1 aliphatic rings. The van der Waals surface area contributed by atoms with Gasteiger partial charge in [0.1, 0.15) is 6.54 Å². The summed E-state index contributed by atoms with van der Waals surface area (Å²) in [6.45, 7) is 3.97. The molecule has 1 aromatic heterocycles. The quantitative estimate of drug-likeness (QED) is 0.388. The monoisotopic (exact) mass is 533 g/mol. The van der Waals surface area contributed by atoms with Gasteiger partial charge in [0.25, 0.3) is 0 Å². The van der Waals surface area contributed by atoms with Gasteiger partial charge in [0.2, 0.25) is 12.7 Å². The number of fused-ring (bicyclic) bond motifs is 1. The lowest BCUT2D eigenvalue weighted by Crippen LogP contribution is -2.47. The van der Waals surface area contributed by atoms with E-state index in [1.54, 1.807) is 24.8 Å². The number of alkyl halides is 3. The minimum absolute atomic E-state index is 0.00581. The summed E-state index contributed by atoms with van der Waals surface area (Å²) in [7, 11) is 0. The van der Waals surface area contributed by atoms with E-state index < -0.39 is 17.8 Å². The van der Waals surface area contributed by atoms with Gasteiger partial charge in [0.05, 0.1) is 12.1 Å². The van der Waals surface area contributed by atoms with Gasteiger partial charge in [-0.2, -0.15) is 13.2 Å². The molecule has 7 nitrogen and oxygen atoms in total. The standard InChI is InChI=1S/C26H26F3N3O4S/c1-17(2)32(25(34)30-20-6-3-5-19(12-20)26(27,28)29)15-24(33)31(14-21-7-4-10-37-21)13-18-8-9-22-23(11-18)36-16-35-22/h3-12,17H,13-16H2,1-2H3,(H,30,34). The van der Waals surface area contributed by atoms with Crippen molar-refractivity contribution in [2.24, 2.45) is 0 Å². The second kappa shape index (κ2) is 11.1. The van der Waals surface area contributed by atoms with Crippen LogP contribution in [-0.4, -0.2) is 41.1 Å². The van der Waals surface area contributed by atoms with Crippen LogP contribution in [0.5, 0.6) is 11.5 Å². The highest BCUT2D eigenvalue weighted by atomic mass is 32.1. The van der Waals surface area contributed by atoms with Crippen molar-refractivity contribution < 1.29 is 32.2 Å². The third-order valence-corrected chi connectivity index (χ3v) is 6.58. The van der Waals surface area contributed by atoms with Gasteiger partial charge in [-0.3, -0.25) is 4.79 Å². The Labute approximate surface area is 216 Å². The van der Waals surface area contributed by atoms with Gasteiger partial charge in [-0.1, -0.05) is 18.2 Å². The summed E-state index contributed by atoms with van der Waals surface area (Å²) in [5.41, 5.74) is -0.0456. The summed E-state index contributed by atoms with van der Waals surface area (Å²) < 4.78 is 50.0. The van der Waals surface area contributed by atoms with E-state index in [2.05, 4.69) is 5.32 Å². The second-order valence-electron chi connectivity index (χ2n) is 8.75. The molecule has 2 heterocycles. The Morgan fingerprint density at radius 3 is 2.51 bits per heavy atom. The van der Waals surface area contributed by atoms with Crippen LogP contribution in [0.4, 0.5) is 23.7 Å². The number of carbonyl (C=O) groups excluding carboxylic acids is 2. The Bertz CT molecular complexity index is 1250. The molecule has 1 aliphatic heterocycles. The lowest BCUT2D eigenvalue weighted by Gasteiger charge is -2.30. The Balaban J connectivity index is 1.50. The smallest absolute Gasteiger partial charge is 0.416 e. The lowest BCUT2D eigenvalue weighted by atomic mass is 10.1. The molecule has 0 unspecified atom stereocenters. The number of carbonyl (C=O) groups is 2. The largest absolute Gasteiger partial charge is 0.454 e. The number of nitrogens with zero attached hydrogens (tertiary/aromatic N) is 2. The number of thiophene rings is 1. The maximum atomic E-state index is 13.5. The number of hydrogen-bond donors (Lipinski definition) is 1. The van der Waals surface area contributed by atoms with Gasteiger partial charge in [-0.15, -0.1) is 11.3 Å². The average Bonchev–Trinajstić information content (AvgIpc) is 3.53. The Kier molecular flexibility index (Phi) is 7.91. The predicted octanol–water partition coefficient (Wildman–Crippen LogP) is 5.97. The van der Waals surface area contributed by atoms with E-state index in [1.165, 1.54) is 28.4 Å². The minimum atomic E-state index is -4.54. The number of anilines is 1. The zero-order valence-corrected chi connectivity index (χ0v) is 21.1. The van der Waals surface area contributed by atoms with Crippen LogP contribution in [0.25, 0.3) is 0 Å². The first-order chi connectivity index (χ1) is 17.6. The van der Waals surface area contributed by atoms with Gasteiger partial charge in [0, 0.05) is 23.2 Å². The summed E-state index contributed by atoms with van der Waals surface area (Å²) in [5, 5.41) is 4.41. The summed E-state index contributed by atoms with van der Waals surface area (Å²) >= 11 is 1.51. The molecule has 0 radical (unpaired) electrons. The van der Waals surface area contributed by atoms with Crippen molar-refractivity contribution in [2.75, 3.05) is 18.7 Å². The molecule has 0 saturated carbocycles. The van der Waals surface area contributed by atoms with Crippen molar-refractivity contribution in [3.05, 3.63) is 76.0 Å². The number of rotatable bonds is 8. The van der Waals surface area contributed by atoms with Gasteiger partial charge in [-0.05, 0) is 61.2 Å². The van der Waals surface area contributed by atoms with Crippen molar-refractivity contribution in [1.82, 2.24) is 9.80 Å². The summed E-state index contributed by atoms with van der Waals surface area (Å²) in [6, 6.07) is 12.6. The summed E-state index contributed by atoms with van der Waals surface area (Å²) in [5.74, 6) is 0.932. The first kappa shape index (κ1) is 26.3. The molecule has 0 spiro atoms. The fraction of sp³-hybridized carbons (Fsp3) is 0.308. The molecule has 196 valence electrons. The van der Waals surface area contributed by atoms with E-state index in [0.29, 0.717) is 18.0 Å². The number of halogens is 3. The zero-order chi connectivity index (χ0) is 26.6. The van der Waals surface area contributed by atoms with E-state index in [9.17, 15) is 22.8 Å². The molecule has 0 fully saturated rings. The molecule has 4 rings (SSSR count). The third kappa shape index (κ3) is 6.73. The number of nitrogens with one attached hydrogen (secondary N) is 1. The second-order valence-corrected chi connectivity index (χ2v) is 9.78. The normalized spacial score (nSPS) is 12.5. The summed E-state index contributed by atoms with van der Waals surface area (Å²) in [6.07, 6.45) is -4.54.